The molecule has 1 saturated carbocycles. The number of fused-ring (bicyclic) bond motifs is 1. The van der Waals surface area contributed by atoms with Crippen LogP contribution in [0, 0.1) is 6.92 Å². The van der Waals surface area contributed by atoms with Gasteiger partial charge in [0.15, 0.2) is 5.13 Å². The molecular formula is C24H26ClN3O4S2. The lowest BCUT2D eigenvalue weighted by Crippen LogP contribution is -2.37. The molecule has 1 saturated heterocycles. The summed E-state index contributed by atoms with van der Waals surface area (Å²) in [7, 11) is -1.97. The number of benzene rings is 2. The Bertz CT molecular complexity index is 1290. The first-order valence-electron chi connectivity index (χ1n) is 11.3. The molecule has 2 aromatic carbocycles. The second-order valence-corrected chi connectivity index (χ2v) is 12.2. The number of carbonyl (C=O) groups is 1. The smallest absolute Gasteiger partial charge is 0.260 e. The summed E-state index contributed by atoms with van der Waals surface area (Å²) in [4.78, 5) is 20.2. The first kappa shape index (κ1) is 23.7. The summed E-state index contributed by atoms with van der Waals surface area (Å²) in [5.74, 6) is -0.247. The normalized spacial score (nSPS) is 18.6. The minimum Gasteiger partial charge on any atom is -0.376 e. The Morgan fingerprint density at radius 1 is 1.18 bits per heavy atom. The van der Waals surface area contributed by atoms with Gasteiger partial charge >= 0.3 is 0 Å². The molecule has 0 N–H and O–H groups in total. The molecule has 10 heteroatoms. The van der Waals surface area contributed by atoms with Gasteiger partial charge in [-0.1, -0.05) is 29.0 Å². The maximum Gasteiger partial charge on any atom is 0.260 e. The highest BCUT2D eigenvalue weighted by Gasteiger charge is 2.35. The first-order chi connectivity index (χ1) is 16.3. The molecule has 0 bridgehead atoms. The van der Waals surface area contributed by atoms with Crippen LogP contribution in [0.5, 0.6) is 0 Å². The summed E-state index contributed by atoms with van der Waals surface area (Å²) in [5.41, 5.74) is 2.16. The molecule has 3 aromatic rings. The molecule has 1 aromatic heterocycles. The van der Waals surface area contributed by atoms with Gasteiger partial charge in [-0.15, -0.1) is 0 Å². The largest absolute Gasteiger partial charge is 0.376 e. The molecule has 1 aliphatic carbocycles. The molecule has 7 nitrogen and oxygen atoms in total. The lowest BCUT2D eigenvalue weighted by molar-refractivity contribution is 0.0917. The van der Waals surface area contributed by atoms with E-state index in [0.29, 0.717) is 28.9 Å². The van der Waals surface area contributed by atoms with Crippen LogP contribution in [0.2, 0.25) is 5.02 Å². The maximum atomic E-state index is 13.6. The zero-order valence-electron chi connectivity index (χ0n) is 19.0. The predicted octanol–water partition coefficient (Wildman–Crippen LogP) is 4.87. The molecule has 1 amide bonds. The lowest BCUT2D eigenvalue weighted by atomic mass is 10.2. The van der Waals surface area contributed by atoms with E-state index in [0.717, 1.165) is 41.5 Å². The topological polar surface area (TPSA) is 79.8 Å². The van der Waals surface area contributed by atoms with Gasteiger partial charge in [-0.05, 0) is 68.5 Å². The highest BCUT2D eigenvalue weighted by Crippen LogP contribution is 2.37. The van der Waals surface area contributed by atoms with Gasteiger partial charge in [0.25, 0.3) is 5.91 Å². The van der Waals surface area contributed by atoms with Gasteiger partial charge in [0, 0.05) is 25.3 Å². The van der Waals surface area contributed by atoms with E-state index in [-0.39, 0.29) is 22.9 Å². The number of rotatable bonds is 7. The molecule has 2 fully saturated rings. The Balaban J connectivity index is 1.47. The molecule has 2 aliphatic rings. The van der Waals surface area contributed by atoms with E-state index in [1.165, 1.54) is 27.8 Å². The van der Waals surface area contributed by atoms with Crippen LogP contribution in [0.3, 0.4) is 0 Å². The van der Waals surface area contributed by atoms with Crippen molar-refractivity contribution in [3.8, 4) is 0 Å². The summed E-state index contributed by atoms with van der Waals surface area (Å²) in [6.45, 7) is 3.02. The minimum atomic E-state index is -3.57. The maximum absolute atomic E-state index is 13.6. The Morgan fingerprint density at radius 3 is 2.53 bits per heavy atom. The van der Waals surface area contributed by atoms with E-state index in [4.69, 9.17) is 21.3 Å². The van der Waals surface area contributed by atoms with E-state index in [9.17, 15) is 13.2 Å². The van der Waals surface area contributed by atoms with E-state index < -0.39 is 10.0 Å². The Kier molecular flexibility index (Phi) is 6.41. The number of aryl methyl sites for hydroxylation is 1. The monoisotopic (exact) mass is 519 g/mol. The highest BCUT2D eigenvalue weighted by atomic mass is 35.5. The molecule has 1 atom stereocenters. The van der Waals surface area contributed by atoms with Crippen LogP contribution in [-0.4, -0.2) is 56.0 Å². The van der Waals surface area contributed by atoms with Crippen LogP contribution < -0.4 is 4.90 Å². The number of halogens is 1. The summed E-state index contributed by atoms with van der Waals surface area (Å²) in [6.07, 6.45) is 3.53. The Labute approximate surface area is 208 Å². The van der Waals surface area contributed by atoms with E-state index in [2.05, 4.69) is 0 Å². The number of aromatic nitrogens is 1. The van der Waals surface area contributed by atoms with Gasteiger partial charge in [0.1, 0.15) is 0 Å². The summed E-state index contributed by atoms with van der Waals surface area (Å²) in [5, 5.41) is 1.15. The number of anilines is 1. The number of sulfonamides is 1. The van der Waals surface area contributed by atoms with Crippen molar-refractivity contribution in [1.29, 1.82) is 0 Å². The number of hydrogen-bond acceptors (Lipinski definition) is 6. The van der Waals surface area contributed by atoms with Crippen molar-refractivity contribution in [3.05, 3.63) is 52.5 Å². The standard InChI is InChI=1S/C24H26ClN3O4S2/c1-15-5-12-20(25)22-21(15)26-24(33-22)28(14-18-4-3-13-32-18)23(29)16-6-10-19(11-7-16)34(30,31)27(2)17-8-9-17/h5-7,10-12,17-18H,3-4,8-9,13-14H2,1-2H3. The van der Waals surface area contributed by atoms with E-state index in [1.807, 2.05) is 19.1 Å². The lowest BCUT2D eigenvalue weighted by Gasteiger charge is -2.23. The molecule has 2 heterocycles. The Hall–Kier alpha value is -2.04. The van der Waals surface area contributed by atoms with Crippen molar-refractivity contribution in [2.24, 2.45) is 0 Å². The third-order valence-corrected chi connectivity index (χ3v) is 9.87. The predicted molar refractivity (Wildman–Crippen MR) is 134 cm³/mol. The van der Waals surface area contributed by atoms with Gasteiger partial charge < -0.3 is 4.74 Å². The van der Waals surface area contributed by atoms with E-state index >= 15 is 0 Å². The molecule has 5 rings (SSSR count). The van der Waals surface area contributed by atoms with Gasteiger partial charge in [0.05, 0.1) is 32.8 Å². The molecule has 0 spiro atoms. The van der Waals surface area contributed by atoms with Crippen molar-refractivity contribution < 1.29 is 17.9 Å². The number of ether oxygens (including phenoxy) is 1. The van der Waals surface area contributed by atoms with Crippen LogP contribution in [0.4, 0.5) is 5.13 Å². The summed E-state index contributed by atoms with van der Waals surface area (Å²) >= 11 is 7.79. The average Bonchev–Trinajstić information content (AvgIpc) is 3.35. The number of thiazole rings is 1. The number of nitrogens with zero attached hydrogens (tertiary/aromatic N) is 3. The molecule has 180 valence electrons. The number of amides is 1. The molecule has 0 radical (unpaired) electrons. The van der Waals surface area contributed by atoms with Gasteiger partial charge in [-0.3, -0.25) is 9.69 Å². The van der Waals surface area contributed by atoms with Crippen molar-refractivity contribution >= 4 is 54.2 Å². The van der Waals surface area contributed by atoms with Crippen LogP contribution in [0.25, 0.3) is 10.2 Å². The zero-order valence-corrected chi connectivity index (χ0v) is 21.4. The van der Waals surface area contributed by atoms with Crippen molar-refractivity contribution in [2.75, 3.05) is 25.1 Å². The minimum absolute atomic E-state index is 0.0700. The first-order valence-corrected chi connectivity index (χ1v) is 14.0. The highest BCUT2D eigenvalue weighted by molar-refractivity contribution is 7.89. The summed E-state index contributed by atoms with van der Waals surface area (Å²) in [6, 6.07) is 9.98. The quantitative estimate of drug-likeness (QED) is 0.445. The molecular weight excluding hydrogens is 494 g/mol. The molecule has 1 unspecified atom stereocenters. The van der Waals surface area contributed by atoms with Crippen molar-refractivity contribution in [3.63, 3.8) is 0 Å². The van der Waals surface area contributed by atoms with Crippen molar-refractivity contribution in [2.45, 2.75) is 49.6 Å². The number of hydrogen-bond donors (Lipinski definition) is 0. The van der Waals surface area contributed by atoms with E-state index in [1.54, 1.807) is 24.1 Å². The second-order valence-electron chi connectivity index (χ2n) is 8.87. The SMILES string of the molecule is Cc1ccc(Cl)c2sc(N(CC3CCCO3)C(=O)c3ccc(S(=O)(=O)N(C)C4CC4)cc3)nc12. The fourth-order valence-corrected chi connectivity index (χ4v) is 6.91. The third-order valence-electron chi connectivity index (χ3n) is 6.41. The van der Waals surface area contributed by atoms with Crippen LogP contribution in [-0.2, 0) is 14.8 Å². The third kappa shape index (κ3) is 4.47. The second kappa shape index (κ2) is 9.20. The number of carbonyl (C=O) groups excluding carboxylic acids is 1. The van der Waals surface area contributed by atoms with Crippen LogP contribution in [0.15, 0.2) is 41.3 Å². The zero-order chi connectivity index (χ0) is 24.0. The van der Waals surface area contributed by atoms with Crippen molar-refractivity contribution in [1.82, 2.24) is 9.29 Å². The average molecular weight is 520 g/mol. The molecule has 34 heavy (non-hydrogen) atoms. The Morgan fingerprint density at radius 2 is 1.91 bits per heavy atom. The van der Waals surface area contributed by atoms with Crippen LogP contribution >= 0.6 is 22.9 Å². The van der Waals surface area contributed by atoms with Gasteiger partial charge in [-0.2, -0.15) is 4.31 Å². The fourth-order valence-electron chi connectivity index (χ4n) is 4.17. The van der Waals surface area contributed by atoms with Gasteiger partial charge in [-0.25, -0.2) is 13.4 Å². The fraction of sp³-hybridized carbons (Fsp3) is 0.417. The summed E-state index contributed by atoms with van der Waals surface area (Å²) < 4.78 is 33.7. The van der Waals surface area contributed by atoms with Crippen LogP contribution in [0.1, 0.15) is 41.6 Å². The molecule has 1 aliphatic heterocycles. The van der Waals surface area contributed by atoms with Gasteiger partial charge in [0.2, 0.25) is 10.0 Å².